The maximum atomic E-state index is 9.23. The highest BCUT2D eigenvalue weighted by Gasteiger charge is 2.08. The summed E-state index contributed by atoms with van der Waals surface area (Å²) in [4.78, 5) is 0. The molecule has 1 aliphatic rings. The topological polar surface area (TPSA) is 20.2 Å². The second kappa shape index (κ2) is 2.33. The summed E-state index contributed by atoms with van der Waals surface area (Å²) in [5, 5.41) is 9.23. The first-order valence-electron chi connectivity index (χ1n) is 3.36. The van der Waals surface area contributed by atoms with E-state index in [2.05, 4.69) is 6.58 Å². The molecule has 0 bridgehead atoms. The van der Waals surface area contributed by atoms with Crippen molar-refractivity contribution in [1.82, 2.24) is 0 Å². The largest absolute Gasteiger partial charge is 0.508 e. The lowest BCUT2D eigenvalue weighted by Crippen LogP contribution is -1.96. The van der Waals surface area contributed by atoms with Crippen molar-refractivity contribution in [2.24, 2.45) is 0 Å². The number of allylic oxidation sites excluding steroid dienone is 4. The molecule has 1 heteroatoms. The molecule has 0 atom stereocenters. The predicted octanol–water partition coefficient (Wildman–Crippen LogP) is 2.72. The Morgan fingerprint density at radius 1 is 1.50 bits per heavy atom. The third-order valence-electron chi connectivity index (χ3n) is 1.83. The average molecular weight is 136 g/mol. The van der Waals surface area contributed by atoms with E-state index in [4.69, 9.17) is 0 Å². The second-order valence-electron chi connectivity index (χ2n) is 2.77. The molecule has 0 spiro atoms. The van der Waals surface area contributed by atoms with Gasteiger partial charge in [0.25, 0.3) is 0 Å². The summed E-state index contributed by atoms with van der Waals surface area (Å²) in [7, 11) is 0. The first-order valence-corrected chi connectivity index (χ1v) is 3.36. The van der Waals surface area contributed by atoms with E-state index in [0.29, 0.717) is 5.76 Å². The molecule has 0 aromatic rings. The van der Waals surface area contributed by atoms with Gasteiger partial charge in [0.15, 0.2) is 0 Å². The summed E-state index contributed by atoms with van der Waals surface area (Å²) in [5.41, 5.74) is 3.20. The van der Waals surface area contributed by atoms with Crippen LogP contribution in [0, 0.1) is 0 Å². The minimum absolute atomic E-state index is 0.407. The van der Waals surface area contributed by atoms with Crippen molar-refractivity contribution >= 4 is 0 Å². The van der Waals surface area contributed by atoms with Crippen LogP contribution in [0.25, 0.3) is 0 Å². The van der Waals surface area contributed by atoms with Gasteiger partial charge in [-0.2, -0.15) is 0 Å². The zero-order valence-electron chi connectivity index (χ0n) is 6.44. The van der Waals surface area contributed by atoms with Gasteiger partial charge < -0.3 is 5.11 Å². The lowest BCUT2D eigenvalue weighted by Gasteiger charge is -2.13. The lowest BCUT2D eigenvalue weighted by molar-refractivity contribution is 0.421. The van der Waals surface area contributed by atoms with E-state index < -0.39 is 0 Å². The van der Waals surface area contributed by atoms with Crippen LogP contribution < -0.4 is 0 Å². The maximum absolute atomic E-state index is 9.23. The van der Waals surface area contributed by atoms with E-state index in [1.807, 2.05) is 13.8 Å². The summed E-state index contributed by atoms with van der Waals surface area (Å²) < 4.78 is 0. The number of hydrogen-bond donors (Lipinski definition) is 1. The van der Waals surface area contributed by atoms with Crippen molar-refractivity contribution in [1.29, 1.82) is 0 Å². The number of hydrogen-bond acceptors (Lipinski definition) is 1. The number of rotatable bonds is 0. The van der Waals surface area contributed by atoms with Gasteiger partial charge in [-0.15, -0.1) is 0 Å². The fourth-order valence-corrected chi connectivity index (χ4v) is 0.980. The van der Waals surface area contributed by atoms with E-state index in [0.717, 1.165) is 23.1 Å². The molecule has 0 aromatic carbocycles. The fourth-order valence-electron chi connectivity index (χ4n) is 0.980. The van der Waals surface area contributed by atoms with E-state index in [9.17, 15) is 5.11 Å². The van der Waals surface area contributed by atoms with Crippen molar-refractivity contribution in [3.8, 4) is 0 Å². The first-order chi connectivity index (χ1) is 4.61. The zero-order chi connectivity index (χ0) is 7.72. The summed E-state index contributed by atoms with van der Waals surface area (Å²) in [6.45, 7) is 7.75. The minimum Gasteiger partial charge on any atom is -0.508 e. The Morgan fingerprint density at radius 3 is 2.60 bits per heavy atom. The monoisotopic (exact) mass is 136 g/mol. The van der Waals surface area contributed by atoms with E-state index >= 15 is 0 Å². The van der Waals surface area contributed by atoms with Crippen LogP contribution in [0.1, 0.15) is 20.3 Å². The average Bonchev–Trinajstić information content (AvgIpc) is 1.84. The molecule has 54 valence electrons. The molecule has 1 aliphatic carbocycles. The van der Waals surface area contributed by atoms with Gasteiger partial charge in [0.2, 0.25) is 0 Å². The zero-order valence-corrected chi connectivity index (χ0v) is 6.44. The van der Waals surface area contributed by atoms with Crippen molar-refractivity contribution in [2.75, 3.05) is 0 Å². The Labute approximate surface area is 61.4 Å². The molecule has 0 heterocycles. The maximum Gasteiger partial charge on any atom is 0.115 e. The minimum atomic E-state index is 0.407. The molecular weight excluding hydrogens is 124 g/mol. The molecule has 10 heavy (non-hydrogen) atoms. The van der Waals surface area contributed by atoms with Gasteiger partial charge in [-0.3, -0.25) is 0 Å². The SMILES string of the molecule is C=C1CC(C)=C(O)C=C1C. The van der Waals surface area contributed by atoms with Crippen molar-refractivity contribution in [3.05, 3.63) is 35.1 Å². The Bertz CT molecular complexity index is 231. The van der Waals surface area contributed by atoms with Gasteiger partial charge in [0.05, 0.1) is 0 Å². The van der Waals surface area contributed by atoms with Gasteiger partial charge in [-0.05, 0) is 43.1 Å². The summed E-state index contributed by atoms with van der Waals surface area (Å²) in [6.07, 6.45) is 2.58. The molecule has 1 nitrogen and oxygen atoms in total. The molecule has 1 N–H and O–H groups in total. The molecule has 0 amide bonds. The molecule has 0 fully saturated rings. The van der Waals surface area contributed by atoms with Crippen LogP contribution in [-0.4, -0.2) is 5.11 Å². The van der Waals surface area contributed by atoms with Crippen LogP contribution in [0.2, 0.25) is 0 Å². The lowest BCUT2D eigenvalue weighted by atomic mass is 9.95. The number of aliphatic hydroxyl groups is 1. The van der Waals surface area contributed by atoms with Crippen LogP contribution in [0.5, 0.6) is 0 Å². The van der Waals surface area contributed by atoms with E-state index in [-0.39, 0.29) is 0 Å². The van der Waals surface area contributed by atoms with Gasteiger partial charge >= 0.3 is 0 Å². The third kappa shape index (κ3) is 1.13. The van der Waals surface area contributed by atoms with Crippen molar-refractivity contribution in [2.45, 2.75) is 20.3 Å². The Balaban J connectivity index is 2.99. The molecule has 0 unspecified atom stereocenters. The Hall–Kier alpha value is -0.980. The molecule has 1 rings (SSSR count). The number of aliphatic hydroxyl groups excluding tert-OH is 1. The van der Waals surface area contributed by atoms with Crippen molar-refractivity contribution in [3.63, 3.8) is 0 Å². The highest BCUT2D eigenvalue weighted by atomic mass is 16.3. The molecule has 0 saturated heterocycles. The molecule has 0 aliphatic heterocycles. The first kappa shape index (κ1) is 7.13. The normalized spacial score (nSPS) is 19.4. The van der Waals surface area contributed by atoms with Crippen LogP contribution in [0.15, 0.2) is 35.1 Å². The highest BCUT2D eigenvalue weighted by molar-refractivity contribution is 5.41. The van der Waals surface area contributed by atoms with E-state index in [1.54, 1.807) is 6.08 Å². The van der Waals surface area contributed by atoms with Crippen LogP contribution in [0.3, 0.4) is 0 Å². The van der Waals surface area contributed by atoms with Crippen LogP contribution in [0.4, 0.5) is 0 Å². The predicted molar refractivity (Wildman–Crippen MR) is 42.8 cm³/mol. The Kier molecular flexibility index (Phi) is 1.66. The van der Waals surface area contributed by atoms with E-state index in [1.165, 1.54) is 0 Å². The third-order valence-corrected chi connectivity index (χ3v) is 1.83. The standard InChI is InChI=1S/C9H12O/c1-6-4-8(3)9(10)5-7(6)2/h5,10H,1,4H2,2-3H3. The van der Waals surface area contributed by atoms with Gasteiger partial charge in [0, 0.05) is 0 Å². The van der Waals surface area contributed by atoms with Gasteiger partial charge in [0.1, 0.15) is 5.76 Å². The van der Waals surface area contributed by atoms with Gasteiger partial charge in [-0.25, -0.2) is 0 Å². The molecular formula is C9H12O. The molecule has 0 saturated carbocycles. The highest BCUT2D eigenvalue weighted by Crippen LogP contribution is 2.25. The van der Waals surface area contributed by atoms with Gasteiger partial charge in [-0.1, -0.05) is 6.58 Å². The fraction of sp³-hybridized carbons (Fsp3) is 0.333. The molecule has 0 radical (unpaired) electrons. The summed E-state index contributed by atoms with van der Waals surface area (Å²) in [6, 6.07) is 0. The summed E-state index contributed by atoms with van der Waals surface area (Å²) >= 11 is 0. The molecule has 0 aromatic heterocycles. The van der Waals surface area contributed by atoms with Crippen molar-refractivity contribution < 1.29 is 5.11 Å². The quantitative estimate of drug-likeness (QED) is 0.543. The van der Waals surface area contributed by atoms with Crippen LogP contribution in [-0.2, 0) is 0 Å². The van der Waals surface area contributed by atoms with Crippen LogP contribution >= 0.6 is 0 Å². The Morgan fingerprint density at radius 2 is 2.10 bits per heavy atom. The second-order valence-corrected chi connectivity index (χ2v) is 2.77. The summed E-state index contributed by atoms with van der Waals surface area (Å²) in [5.74, 6) is 0.407. The smallest absolute Gasteiger partial charge is 0.115 e.